The summed E-state index contributed by atoms with van der Waals surface area (Å²) in [7, 11) is 4.06. The second-order valence-electron chi connectivity index (χ2n) is 6.16. The average Bonchev–Trinajstić information content (AvgIpc) is 2.46. The molecule has 1 aromatic carbocycles. The van der Waals surface area contributed by atoms with E-state index in [4.69, 9.17) is 4.74 Å². The Morgan fingerprint density at radius 1 is 1.40 bits per heavy atom. The van der Waals surface area contributed by atoms with Crippen LogP contribution in [0.5, 0.6) is 0 Å². The minimum absolute atomic E-state index is 0.0146. The highest BCUT2D eigenvalue weighted by Gasteiger charge is 2.36. The Kier molecular flexibility index (Phi) is 4.84. The summed E-state index contributed by atoms with van der Waals surface area (Å²) in [4.78, 5) is 2.12. The summed E-state index contributed by atoms with van der Waals surface area (Å²) in [6, 6.07) is 8.43. The molecule has 3 nitrogen and oxygen atoms in total. The molecule has 0 aromatic heterocycles. The third kappa shape index (κ3) is 2.90. The molecule has 1 heterocycles. The Hall–Kier alpha value is -0.900. The molecule has 0 spiro atoms. The van der Waals surface area contributed by atoms with Crippen molar-refractivity contribution in [3.05, 3.63) is 35.4 Å². The predicted molar refractivity (Wildman–Crippen MR) is 81.8 cm³/mol. The molecule has 1 aromatic rings. The van der Waals surface area contributed by atoms with Gasteiger partial charge in [0.25, 0.3) is 0 Å². The van der Waals surface area contributed by atoms with Crippen LogP contribution >= 0.6 is 0 Å². The van der Waals surface area contributed by atoms with Crippen LogP contribution in [0.4, 0.5) is 0 Å². The summed E-state index contributed by atoms with van der Waals surface area (Å²) < 4.78 is 5.92. The Balaban J connectivity index is 2.15. The van der Waals surface area contributed by atoms with Crippen LogP contribution in [0.2, 0.25) is 0 Å². The molecule has 0 bridgehead atoms. The number of ether oxygens (including phenoxy) is 1. The predicted octanol–water partition coefficient (Wildman–Crippen LogP) is 2.78. The summed E-state index contributed by atoms with van der Waals surface area (Å²) in [6.07, 6.45) is 2.15. The molecule has 0 fully saturated rings. The van der Waals surface area contributed by atoms with E-state index >= 15 is 0 Å². The van der Waals surface area contributed by atoms with Gasteiger partial charge in [-0.05, 0) is 45.0 Å². The van der Waals surface area contributed by atoms with Crippen LogP contribution in [0.3, 0.4) is 0 Å². The molecule has 1 N–H and O–H groups in total. The van der Waals surface area contributed by atoms with Gasteiger partial charge < -0.3 is 14.7 Å². The van der Waals surface area contributed by atoms with Crippen molar-refractivity contribution in [2.75, 3.05) is 20.7 Å². The van der Waals surface area contributed by atoms with Gasteiger partial charge in [0.05, 0.1) is 18.8 Å². The first-order valence-electron chi connectivity index (χ1n) is 7.54. The zero-order valence-electron chi connectivity index (χ0n) is 13.1. The van der Waals surface area contributed by atoms with Crippen molar-refractivity contribution in [2.45, 2.75) is 50.9 Å². The fourth-order valence-electron chi connectivity index (χ4n) is 2.98. The third-order valence-electron chi connectivity index (χ3n) is 4.99. The van der Waals surface area contributed by atoms with Crippen molar-refractivity contribution in [3.8, 4) is 0 Å². The molecular weight excluding hydrogens is 250 g/mol. The topological polar surface area (TPSA) is 32.7 Å². The largest absolute Gasteiger partial charge is 0.391 e. The maximum Gasteiger partial charge on any atom is 0.0853 e. The summed E-state index contributed by atoms with van der Waals surface area (Å²) >= 11 is 0. The summed E-state index contributed by atoms with van der Waals surface area (Å²) in [5, 5.41) is 10.7. The fourth-order valence-corrected chi connectivity index (χ4v) is 2.98. The second-order valence-corrected chi connectivity index (χ2v) is 6.16. The normalized spacial score (nSPS) is 23.2. The summed E-state index contributed by atoms with van der Waals surface area (Å²) in [6.45, 7) is 4.99. The third-order valence-corrected chi connectivity index (χ3v) is 4.99. The molecule has 3 unspecified atom stereocenters. The van der Waals surface area contributed by atoms with Gasteiger partial charge in [0.15, 0.2) is 0 Å². The van der Waals surface area contributed by atoms with Crippen LogP contribution in [0.25, 0.3) is 0 Å². The smallest absolute Gasteiger partial charge is 0.0853 e. The number of nitrogens with zero attached hydrogens (tertiary/aromatic N) is 1. The van der Waals surface area contributed by atoms with Gasteiger partial charge in [-0.25, -0.2) is 0 Å². The number of rotatable bonds is 5. The first-order chi connectivity index (χ1) is 9.49. The minimum Gasteiger partial charge on any atom is -0.391 e. The lowest BCUT2D eigenvalue weighted by Crippen LogP contribution is -2.51. The molecule has 1 aliphatic rings. The second kappa shape index (κ2) is 6.25. The van der Waals surface area contributed by atoms with Gasteiger partial charge in [0.1, 0.15) is 0 Å². The highest BCUT2D eigenvalue weighted by atomic mass is 16.5. The van der Waals surface area contributed by atoms with Gasteiger partial charge in [-0.1, -0.05) is 31.2 Å². The van der Waals surface area contributed by atoms with Crippen LogP contribution in [0, 0.1) is 0 Å². The van der Waals surface area contributed by atoms with E-state index in [9.17, 15) is 5.11 Å². The van der Waals surface area contributed by atoms with E-state index in [0.29, 0.717) is 6.42 Å². The zero-order chi connectivity index (χ0) is 14.8. The average molecular weight is 277 g/mol. The molecule has 0 radical (unpaired) electrons. The quantitative estimate of drug-likeness (QED) is 0.898. The Labute approximate surface area is 122 Å². The number of aliphatic hydroxyl groups is 1. The summed E-state index contributed by atoms with van der Waals surface area (Å²) in [5.74, 6) is 0. The molecule has 0 saturated heterocycles. The number of likely N-dealkylation sites (N-methyl/N-ethyl adjacent to an activating group) is 1. The molecule has 3 atom stereocenters. The monoisotopic (exact) mass is 277 g/mol. The van der Waals surface area contributed by atoms with Crippen LogP contribution < -0.4 is 0 Å². The van der Waals surface area contributed by atoms with E-state index in [1.165, 1.54) is 11.1 Å². The maximum atomic E-state index is 10.7. The van der Waals surface area contributed by atoms with Crippen molar-refractivity contribution in [1.82, 2.24) is 4.90 Å². The summed E-state index contributed by atoms with van der Waals surface area (Å²) in [5.41, 5.74) is 2.39. The fraction of sp³-hybridized carbons (Fsp3) is 0.647. The first kappa shape index (κ1) is 15.5. The molecule has 1 aliphatic heterocycles. The van der Waals surface area contributed by atoms with Crippen molar-refractivity contribution < 1.29 is 9.84 Å². The lowest BCUT2D eigenvalue weighted by Gasteiger charge is -2.41. The number of aliphatic hydroxyl groups excluding tert-OH is 1. The van der Waals surface area contributed by atoms with E-state index in [0.717, 1.165) is 19.4 Å². The Bertz CT molecular complexity index is 446. The van der Waals surface area contributed by atoms with Crippen LogP contribution in [-0.4, -0.2) is 42.4 Å². The number of benzene rings is 1. The van der Waals surface area contributed by atoms with E-state index in [1.807, 2.05) is 14.1 Å². The van der Waals surface area contributed by atoms with Gasteiger partial charge in [-0.3, -0.25) is 0 Å². The molecule has 20 heavy (non-hydrogen) atoms. The Morgan fingerprint density at radius 3 is 2.75 bits per heavy atom. The van der Waals surface area contributed by atoms with Gasteiger partial charge in [0.2, 0.25) is 0 Å². The molecule has 0 saturated carbocycles. The van der Waals surface area contributed by atoms with Crippen molar-refractivity contribution in [1.29, 1.82) is 0 Å². The van der Waals surface area contributed by atoms with Gasteiger partial charge in [-0.2, -0.15) is 0 Å². The molecule has 3 heteroatoms. The SMILES string of the molecule is CCC(C)(C(O)CC1OCCc2ccccc21)N(C)C. The van der Waals surface area contributed by atoms with E-state index in [1.54, 1.807) is 0 Å². The van der Waals surface area contributed by atoms with Crippen LogP contribution in [0.1, 0.15) is 43.9 Å². The molecule has 112 valence electrons. The van der Waals surface area contributed by atoms with Crippen LogP contribution in [-0.2, 0) is 11.2 Å². The van der Waals surface area contributed by atoms with Crippen LogP contribution in [0.15, 0.2) is 24.3 Å². The number of hydrogen-bond acceptors (Lipinski definition) is 3. The Morgan fingerprint density at radius 2 is 2.10 bits per heavy atom. The van der Waals surface area contributed by atoms with Crippen molar-refractivity contribution in [2.24, 2.45) is 0 Å². The number of hydrogen-bond donors (Lipinski definition) is 1. The first-order valence-corrected chi connectivity index (χ1v) is 7.54. The van der Waals surface area contributed by atoms with Gasteiger partial charge in [0, 0.05) is 12.0 Å². The highest BCUT2D eigenvalue weighted by Crippen LogP contribution is 2.34. The van der Waals surface area contributed by atoms with E-state index in [-0.39, 0.29) is 11.6 Å². The molecule has 0 amide bonds. The zero-order valence-corrected chi connectivity index (χ0v) is 13.1. The molecule has 0 aliphatic carbocycles. The standard InChI is InChI=1S/C17H27NO2/c1-5-17(2,18(3)4)16(19)12-15-14-9-7-6-8-13(14)10-11-20-15/h6-9,15-16,19H,5,10-12H2,1-4H3. The molecular formula is C17H27NO2. The maximum absolute atomic E-state index is 10.7. The van der Waals surface area contributed by atoms with E-state index < -0.39 is 6.10 Å². The lowest BCUT2D eigenvalue weighted by atomic mass is 9.84. The van der Waals surface area contributed by atoms with Crippen molar-refractivity contribution in [3.63, 3.8) is 0 Å². The van der Waals surface area contributed by atoms with Crippen molar-refractivity contribution >= 4 is 0 Å². The van der Waals surface area contributed by atoms with E-state index in [2.05, 4.69) is 43.0 Å². The lowest BCUT2D eigenvalue weighted by molar-refractivity contribution is -0.0504. The number of fused-ring (bicyclic) bond motifs is 1. The van der Waals surface area contributed by atoms with Gasteiger partial charge >= 0.3 is 0 Å². The highest BCUT2D eigenvalue weighted by molar-refractivity contribution is 5.31. The molecule has 2 rings (SSSR count). The minimum atomic E-state index is -0.404. The van der Waals surface area contributed by atoms with Gasteiger partial charge in [-0.15, -0.1) is 0 Å².